The highest BCUT2D eigenvalue weighted by Gasteiger charge is 2.11. The Labute approximate surface area is 173 Å². The number of fused-ring (bicyclic) bond motifs is 1. The Morgan fingerprint density at radius 1 is 0.967 bits per heavy atom. The number of benzene rings is 1. The molecule has 1 N–H and O–H groups in total. The molecule has 0 unspecified atom stereocenters. The molecule has 0 bridgehead atoms. The molecule has 4 aromatic heterocycles. The third kappa shape index (κ3) is 3.26. The van der Waals surface area contributed by atoms with Crippen molar-refractivity contribution in [2.45, 2.75) is 6.92 Å². The Kier molecular flexibility index (Phi) is 4.40. The number of nitrogens with one attached hydrogen (secondary N) is 1. The monoisotopic (exact) mass is 396 g/mol. The van der Waals surface area contributed by atoms with Gasteiger partial charge in [-0.1, -0.05) is 6.07 Å². The third-order valence-corrected chi connectivity index (χ3v) is 4.86. The van der Waals surface area contributed by atoms with E-state index in [0.717, 1.165) is 45.5 Å². The summed E-state index contributed by atoms with van der Waals surface area (Å²) >= 11 is 0. The Balaban J connectivity index is 1.50. The summed E-state index contributed by atoms with van der Waals surface area (Å²) < 4.78 is 9.56. The van der Waals surface area contributed by atoms with E-state index in [0.29, 0.717) is 0 Å². The Morgan fingerprint density at radius 3 is 2.67 bits per heavy atom. The summed E-state index contributed by atoms with van der Waals surface area (Å²) in [5, 5.41) is 3.46. The molecule has 7 nitrogen and oxygen atoms in total. The van der Waals surface area contributed by atoms with Crippen LogP contribution in [-0.2, 0) is 0 Å². The maximum Gasteiger partial charge on any atom is 0.161 e. The molecule has 0 saturated heterocycles. The highest BCUT2D eigenvalue weighted by atomic mass is 16.5. The molecule has 0 aliphatic carbocycles. The number of aromatic nitrogens is 5. The van der Waals surface area contributed by atoms with Crippen molar-refractivity contribution in [1.82, 2.24) is 23.9 Å². The van der Waals surface area contributed by atoms with Gasteiger partial charge < -0.3 is 19.0 Å². The maximum atomic E-state index is 5.62. The molecule has 0 aliphatic rings. The van der Waals surface area contributed by atoms with Crippen molar-refractivity contribution < 1.29 is 4.74 Å². The number of methoxy groups -OCH3 is 1. The van der Waals surface area contributed by atoms with Gasteiger partial charge in [0.05, 0.1) is 36.2 Å². The van der Waals surface area contributed by atoms with Gasteiger partial charge in [-0.05, 0) is 43.3 Å². The third-order valence-electron chi connectivity index (χ3n) is 4.86. The Morgan fingerprint density at radius 2 is 1.90 bits per heavy atom. The summed E-state index contributed by atoms with van der Waals surface area (Å²) in [6.07, 6.45) is 9.48. The van der Waals surface area contributed by atoms with E-state index in [1.165, 1.54) is 0 Å². The molecule has 0 saturated carbocycles. The molecule has 1 aromatic carbocycles. The highest BCUT2D eigenvalue weighted by molar-refractivity contribution is 5.77. The molecule has 0 radical (unpaired) electrons. The number of anilines is 2. The molecule has 0 spiro atoms. The number of nitrogens with zero attached hydrogens (tertiary/aromatic N) is 5. The molecular weight excluding hydrogens is 376 g/mol. The number of imidazole rings is 2. The van der Waals surface area contributed by atoms with Crippen molar-refractivity contribution in [2.24, 2.45) is 0 Å². The van der Waals surface area contributed by atoms with Crippen molar-refractivity contribution in [1.29, 1.82) is 0 Å². The lowest BCUT2D eigenvalue weighted by Crippen LogP contribution is -1.99. The van der Waals surface area contributed by atoms with Crippen LogP contribution in [0.2, 0.25) is 0 Å². The first-order valence-electron chi connectivity index (χ1n) is 9.56. The van der Waals surface area contributed by atoms with Crippen molar-refractivity contribution in [3.63, 3.8) is 0 Å². The minimum Gasteiger partial charge on any atom is -0.494 e. The highest BCUT2D eigenvalue weighted by Crippen LogP contribution is 2.30. The van der Waals surface area contributed by atoms with E-state index >= 15 is 0 Å². The van der Waals surface area contributed by atoms with Crippen LogP contribution in [-0.4, -0.2) is 31.0 Å². The minimum absolute atomic E-state index is 0.752. The molecule has 0 fully saturated rings. The van der Waals surface area contributed by atoms with Gasteiger partial charge >= 0.3 is 0 Å². The van der Waals surface area contributed by atoms with Crippen molar-refractivity contribution in [3.8, 4) is 22.8 Å². The van der Waals surface area contributed by atoms with Crippen LogP contribution in [0.15, 0.2) is 79.6 Å². The quantitative estimate of drug-likeness (QED) is 0.469. The summed E-state index contributed by atoms with van der Waals surface area (Å²) in [6, 6.07) is 15.8. The van der Waals surface area contributed by atoms with Gasteiger partial charge in [-0.15, -0.1) is 0 Å². The molecule has 4 heterocycles. The second kappa shape index (κ2) is 7.36. The fourth-order valence-electron chi connectivity index (χ4n) is 3.43. The summed E-state index contributed by atoms with van der Waals surface area (Å²) in [5.41, 5.74) is 6.18. The lowest BCUT2D eigenvalue weighted by Gasteiger charge is -2.13. The maximum absolute atomic E-state index is 5.62. The molecule has 5 aromatic rings. The molecule has 0 aliphatic heterocycles. The zero-order valence-corrected chi connectivity index (χ0v) is 16.6. The van der Waals surface area contributed by atoms with E-state index < -0.39 is 0 Å². The summed E-state index contributed by atoms with van der Waals surface area (Å²) in [4.78, 5) is 13.5. The molecular formula is C23H20N6O. The van der Waals surface area contributed by atoms with Crippen LogP contribution in [0.5, 0.6) is 5.75 Å². The zero-order valence-electron chi connectivity index (χ0n) is 16.6. The first kappa shape index (κ1) is 17.9. The summed E-state index contributed by atoms with van der Waals surface area (Å²) in [7, 11) is 1.67. The first-order chi connectivity index (χ1) is 14.7. The van der Waals surface area contributed by atoms with Crippen molar-refractivity contribution >= 4 is 17.0 Å². The van der Waals surface area contributed by atoms with Gasteiger partial charge in [0.2, 0.25) is 0 Å². The second-order valence-corrected chi connectivity index (χ2v) is 6.93. The van der Waals surface area contributed by atoms with Gasteiger partial charge in [0, 0.05) is 36.5 Å². The van der Waals surface area contributed by atoms with E-state index in [4.69, 9.17) is 9.72 Å². The number of ether oxygens (including phenoxy) is 1. The average molecular weight is 396 g/mol. The van der Waals surface area contributed by atoms with Crippen molar-refractivity contribution in [3.05, 3.63) is 85.3 Å². The minimum atomic E-state index is 0.752. The average Bonchev–Trinajstić information content (AvgIpc) is 3.41. The number of rotatable bonds is 5. The van der Waals surface area contributed by atoms with E-state index in [1.54, 1.807) is 19.6 Å². The largest absolute Gasteiger partial charge is 0.494 e. The van der Waals surface area contributed by atoms with Crippen LogP contribution in [0.1, 0.15) is 5.69 Å². The van der Waals surface area contributed by atoms with Gasteiger partial charge in [-0.25, -0.2) is 9.97 Å². The Bertz CT molecular complexity index is 1320. The van der Waals surface area contributed by atoms with Crippen LogP contribution in [0.25, 0.3) is 22.7 Å². The van der Waals surface area contributed by atoms with Crippen LogP contribution in [0.4, 0.5) is 11.4 Å². The lowest BCUT2D eigenvalue weighted by atomic mass is 10.2. The van der Waals surface area contributed by atoms with Gasteiger partial charge in [0.25, 0.3) is 0 Å². The molecule has 7 heteroatoms. The topological polar surface area (TPSA) is 69.3 Å². The van der Waals surface area contributed by atoms with E-state index in [9.17, 15) is 0 Å². The van der Waals surface area contributed by atoms with Crippen molar-refractivity contribution in [2.75, 3.05) is 12.4 Å². The van der Waals surface area contributed by atoms with E-state index in [-0.39, 0.29) is 0 Å². The smallest absolute Gasteiger partial charge is 0.161 e. The lowest BCUT2D eigenvalue weighted by molar-refractivity contribution is 0.413. The van der Waals surface area contributed by atoms with Crippen LogP contribution < -0.4 is 10.1 Å². The zero-order chi connectivity index (χ0) is 20.5. The van der Waals surface area contributed by atoms with E-state index in [2.05, 4.69) is 15.3 Å². The van der Waals surface area contributed by atoms with Crippen LogP contribution in [0, 0.1) is 6.92 Å². The molecule has 148 valence electrons. The van der Waals surface area contributed by atoms with Gasteiger partial charge in [0.15, 0.2) is 5.65 Å². The number of aryl methyl sites for hydroxylation is 1. The molecule has 0 amide bonds. The molecule has 30 heavy (non-hydrogen) atoms. The van der Waals surface area contributed by atoms with Gasteiger partial charge in [-0.2, -0.15) is 0 Å². The summed E-state index contributed by atoms with van der Waals surface area (Å²) in [5.74, 6) is 0.752. The van der Waals surface area contributed by atoms with Crippen LogP contribution in [0.3, 0.4) is 0 Å². The van der Waals surface area contributed by atoms with E-state index in [1.807, 2.05) is 83.0 Å². The molecule has 0 atom stereocenters. The second-order valence-electron chi connectivity index (χ2n) is 6.93. The fourth-order valence-corrected chi connectivity index (χ4v) is 3.43. The first-order valence-corrected chi connectivity index (χ1v) is 9.56. The van der Waals surface area contributed by atoms with Gasteiger partial charge in [0.1, 0.15) is 11.4 Å². The Hall–Kier alpha value is -4.13. The number of hydrogen-bond acceptors (Lipinski definition) is 5. The predicted molar refractivity (Wildman–Crippen MR) is 117 cm³/mol. The number of hydrogen-bond donors (Lipinski definition) is 1. The standard InChI is InChI=1S/C23H20N6O/c1-16-13-29(15-25-16)21-9-8-17(12-22(21)30-2)26-19-7-5-11-28-14-20(27-23(19)28)18-6-3-4-10-24-18/h3-15,26H,1-2H3. The van der Waals surface area contributed by atoms with Crippen LogP contribution >= 0.6 is 0 Å². The fraction of sp³-hybridized carbons (Fsp3) is 0.0870. The summed E-state index contributed by atoms with van der Waals surface area (Å²) in [6.45, 7) is 1.96. The predicted octanol–water partition coefficient (Wildman–Crippen LogP) is 4.64. The number of pyridine rings is 2. The molecule has 5 rings (SSSR count). The SMILES string of the molecule is COc1cc(Nc2cccn3cc(-c4ccccn4)nc23)ccc1-n1cnc(C)c1. The normalized spacial score (nSPS) is 11.0. The van der Waals surface area contributed by atoms with Gasteiger partial charge in [-0.3, -0.25) is 4.98 Å².